The van der Waals surface area contributed by atoms with Crippen LogP contribution in [-0.2, 0) is 14.4 Å². The van der Waals surface area contributed by atoms with Crippen molar-refractivity contribution < 1.29 is 28.8 Å². The van der Waals surface area contributed by atoms with Crippen LogP contribution in [0, 0.1) is 18.8 Å². The highest BCUT2D eigenvalue weighted by atomic mass is 16.2. The third-order valence-corrected chi connectivity index (χ3v) is 13.2. The molecule has 4 N–H and O–H groups in total. The minimum absolute atomic E-state index is 0.0203. The molecule has 3 aromatic heterocycles. The first-order valence-electron chi connectivity index (χ1n) is 21.8. The summed E-state index contributed by atoms with van der Waals surface area (Å²) in [7, 11) is 0. The number of carbonyl (C=O) groups is 6. The van der Waals surface area contributed by atoms with Crippen molar-refractivity contribution in [1.29, 1.82) is 0 Å². The van der Waals surface area contributed by atoms with E-state index >= 15 is 0 Å². The Kier molecular flexibility index (Phi) is 11.7. The summed E-state index contributed by atoms with van der Waals surface area (Å²) in [6, 6.07) is 9.47. The Morgan fingerprint density at radius 3 is 2.40 bits per heavy atom. The molecule has 1 atom stereocenters. The summed E-state index contributed by atoms with van der Waals surface area (Å²) in [6.45, 7) is 7.33. The molecule has 1 aliphatic carbocycles. The van der Waals surface area contributed by atoms with Crippen molar-refractivity contribution in [3.63, 3.8) is 0 Å². The molecule has 3 saturated heterocycles. The van der Waals surface area contributed by atoms with Gasteiger partial charge in [-0.25, -0.2) is 19.9 Å². The Hall–Kier alpha value is -6.30. The number of piperidine rings is 3. The van der Waals surface area contributed by atoms with E-state index in [0.717, 1.165) is 98.7 Å². The van der Waals surface area contributed by atoms with Gasteiger partial charge < -0.3 is 30.3 Å². The largest absolute Gasteiger partial charge is 0.376 e. The van der Waals surface area contributed by atoms with Crippen molar-refractivity contribution >= 4 is 58.1 Å². The van der Waals surface area contributed by atoms with Crippen LogP contribution in [0.4, 0.5) is 11.5 Å². The number of nitrogens with zero attached hydrogens (tertiary/aromatic N) is 8. The molecule has 4 aromatic rings. The lowest BCUT2D eigenvalue weighted by atomic mass is 9.86. The maximum Gasteiger partial charge on any atom is 0.270 e. The van der Waals surface area contributed by atoms with Crippen molar-refractivity contribution in [2.24, 2.45) is 11.8 Å². The lowest BCUT2D eigenvalue weighted by molar-refractivity contribution is -0.136. The van der Waals surface area contributed by atoms with Gasteiger partial charge in [0.25, 0.3) is 17.7 Å². The predicted octanol–water partition coefficient (Wildman–Crippen LogP) is 2.93. The highest BCUT2D eigenvalue weighted by Crippen LogP contribution is 2.35. The lowest BCUT2D eigenvalue weighted by Gasteiger charge is -2.37. The molecule has 1 saturated carbocycles. The van der Waals surface area contributed by atoms with Crippen molar-refractivity contribution in [1.82, 2.24) is 49.8 Å². The van der Waals surface area contributed by atoms with Crippen LogP contribution >= 0.6 is 0 Å². The summed E-state index contributed by atoms with van der Waals surface area (Å²) >= 11 is 0. The van der Waals surface area contributed by atoms with Gasteiger partial charge in [-0.2, -0.15) is 0 Å². The van der Waals surface area contributed by atoms with Gasteiger partial charge in [0.2, 0.25) is 17.7 Å². The highest BCUT2D eigenvalue weighted by molar-refractivity contribution is 6.23. The smallest absolute Gasteiger partial charge is 0.270 e. The number of aromatic nitrogens is 5. The standard InChI is InChI=1S/C44H52N12O6/c1-26-3-2-4-34(50-26)41(59)51-30-19-31(20-30)55-25-49-38-39(47-24-48-40(38)55)45-14-9-27-10-15-53(16-11-27)23-28-12-17-54(18-13-28)37(58)22-46-29-5-6-32-33(21-29)44(62)56(43(32)61)35-7-8-36(57)52-42(35)60/h2-6,21,24-25,27-28,30-31,35,46H,7-20,22-23H2,1H3,(H,51,59)(H,45,47,48)(H,52,57,60)/t30?,31?,35-/m0/s1. The fourth-order valence-corrected chi connectivity index (χ4v) is 9.56. The molecule has 4 fully saturated rings. The van der Waals surface area contributed by atoms with E-state index in [1.165, 1.54) is 6.07 Å². The Balaban J connectivity index is 0.666. The zero-order chi connectivity index (χ0) is 42.9. The van der Waals surface area contributed by atoms with Gasteiger partial charge in [0.1, 0.15) is 23.6 Å². The maximum atomic E-state index is 13.2. The van der Waals surface area contributed by atoms with Crippen LogP contribution in [0.15, 0.2) is 49.1 Å². The first-order chi connectivity index (χ1) is 30.1. The molecule has 1 aromatic carbocycles. The van der Waals surface area contributed by atoms with Gasteiger partial charge in [-0.15, -0.1) is 0 Å². The molecule has 7 heterocycles. The molecule has 6 amide bonds. The van der Waals surface area contributed by atoms with Crippen LogP contribution < -0.4 is 21.3 Å². The van der Waals surface area contributed by atoms with E-state index in [1.807, 2.05) is 30.3 Å². The summed E-state index contributed by atoms with van der Waals surface area (Å²) in [4.78, 5) is 99.5. The van der Waals surface area contributed by atoms with E-state index in [0.29, 0.717) is 36.3 Å². The number of aryl methyl sites for hydroxylation is 1. The number of fused-ring (bicyclic) bond motifs is 2. The Bertz CT molecular complexity index is 2400. The third kappa shape index (κ3) is 8.60. The number of imide groups is 2. The summed E-state index contributed by atoms with van der Waals surface area (Å²) in [5.74, 6) is -0.457. The van der Waals surface area contributed by atoms with Crippen LogP contribution in [0.5, 0.6) is 0 Å². The average molecular weight is 845 g/mol. The van der Waals surface area contributed by atoms with Crippen molar-refractivity contribution in [3.05, 3.63) is 71.6 Å². The second-order valence-corrected chi connectivity index (χ2v) is 17.4. The molecule has 9 rings (SSSR count). The number of anilines is 2. The maximum absolute atomic E-state index is 13.2. The minimum Gasteiger partial charge on any atom is -0.376 e. The van der Waals surface area contributed by atoms with E-state index in [4.69, 9.17) is 0 Å². The fraction of sp³-hybridized carbons (Fsp3) is 0.500. The predicted molar refractivity (Wildman–Crippen MR) is 227 cm³/mol. The Morgan fingerprint density at radius 2 is 1.63 bits per heavy atom. The average Bonchev–Trinajstić information content (AvgIpc) is 3.79. The number of rotatable bonds is 13. The first-order valence-corrected chi connectivity index (χ1v) is 21.8. The summed E-state index contributed by atoms with van der Waals surface area (Å²) < 4.78 is 2.10. The number of likely N-dealkylation sites (tertiary alicyclic amines) is 2. The van der Waals surface area contributed by atoms with Crippen LogP contribution in [0.1, 0.15) is 101 Å². The molecular weight excluding hydrogens is 793 g/mol. The quantitative estimate of drug-likeness (QED) is 0.143. The van der Waals surface area contributed by atoms with Gasteiger partial charge in [0.15, 0.2) is 11.5 Å². The highest BCUT2D eigenvalue weighted by Gasteiger charge is 2.44. The molecule has 324 valence electrons. The van der Waals surface area contributed by atoms with Gasteiger partial charge >= 0.3 is 0 Å². The third-order valence-electron chi connectivity index (χ3n) is 13.2. The Labute approximate surface area is 358 Å². The van der Waals surface area contributed by atoms with Gasteiger partial charge in [-0.3, -0.25) is 39.0 Å². The molecule has 18 nitrogen and oxygen atoms in total. The monoisotopic (exact) mass is 844 g/mol. The van der Waals surface area contributed by atoms with Crippen molar-refractivity contribution in [2.75, 3.05) is 56.4 Å². The summed E-state index contributed by atoms with van der Waals surface area (Å²) in [5, 5.41) is 11.9. The van der Waals surface area contributed by atoms with E-state index in [1.54, 1.807) is 24.5 Å². The number of imidazole rings is 1. The van der Waals surface area contributed by atoms with E-state index in [-0.39, 0.29) is 54.4 Å². The van der Waals surface area contributed by atoms with Crippen LogP contribution in [-0.4, -0.2) is 133 Å². The number of pyridine rings is 1. The molecule has 62 heavy (non-hydrogen) atoms. The first kappa shape index (κ1) is 41.1. The van der Waals surface area contributed by atoms with Crippen LogP contribution in [0.3, 0.4) is 0 Å². The fourth-order valence-electron chi connectivity index (χ4n) is 9.56. The molecule has 18 heteroatoms. The topological polar surface area (TPSA) is 217 Å². The summed E-state index contributed by atoms with van der Waals surface area (Å²) in [6.07, 6.45) is 10.4. The lowest BCUT2D eigenvalue weighted by Crippen LogP contribution is -2.54. The van der Waals surface area contributed by atoms with Gasteiger partial charge in [0, 0.05) is 56.1 Å². The van der Waals surface area contributed by atoms with Gasteiger partial charge in [-0.1, -0.05) is 6.07 Å². The number of carbonyl (C=O) groups excluding carboxylic acids is 6. The van der Waals surface area contributed by atoms with Gasteiger partial charge in [-0.05, 0) is 114 Å². The molecular formula is C44H52N12O6. The van der Waals surface area contributed by atoms with Gasteiger partial charge in [0.05, 0.1) is 24.0 Å². The Morgan fingerprint density at radius 1 is 0.855 bits per heavy atom. The minimum atomic E-state index is -1.02. The van der Waals surface area contributed by atoms with E-state index in [9.17, 15) is 28.8 Å². The zero-order valence-electron chi connectivity index (χ0n) is 34.8. The second kappa shape index (κ2) is 17.6. The van der Waals surface area contributed by atoms with E-state index in [2.05, 4.69) is 50.7 Å². The summed E-state index contributed by atoms with van der Waals surface area (Å²) in [5.41, 5.74) is 3.73. The van der Waals surface area contributed by atoms with Crippen LogP contribution in [0.2, 0.25) is 0 Å². The normalized spacial score (nSPS) is 22.4. The van der Waals surface area contributed by atoms with Crippen molar-refractivity contribution in [3.8, 4) is 0 Å². The number of benzene rings is 1. The number of hydrogen-bond acceptors (Lipinski definition) is 13. The second-order valence-electron chi connectivity index (χ2n) is 17.4. The zero-order valence-corrected chi connectivity index (χ0v) is 34.8. The molecule has 0 spiro atoms. The number of hydrogen-bond donors (Lipinski definition) is 4. The number of amides is 6. The van der Waals surface area contributed by atoms with Crippen molar-refractivity contribution in [2.45, 2.75) is 82.8 Å². The molecule has 5 aliphatic rings. The molecule has 0 radical (unpaired) electrons. The SMILES string of the molecule is Cc1cccc(C(=O)NC2CC(n3cnc4c(NCCC5CCN(CC6CCN(C(=O)CNc7ccc8c(c7)C(=O)N([C@H]7CCC(=O)NC7=O)C8=O)CC6)CC5)ncnc43)C2)n1. The molecule has 4 aliphatic heterocycles. The number of nitrogens with one attached hydrogen (secondary N) is 4. The molecule has 0 unspecified atom stereocenters. The molecule has 0 bridgehead atoms. The van der Waals surface area contributed by atoms with Crippen LogP contribution in [0.25, 0.3) is 11.2 Å². The van der Waals surface area contributed by atoms with E-state index < -0.39 is 29.7 Å².